The zero-order valence-electron chi connectivity index (χ0n) is 23.0. The minimum Gasteiger partial charge on any atom is -0.454 e. The van der Waals surface area contributed by atoms with Crippen molar-refractivity contribution in [3.05, 3.63) is 88.7 Å². The highest BCUT2D eigenvalue weighted by molar-refractivity contribution is 5.85. The Balaban J connectivity index is 0.00000231. The topological polar surface area (TPSA) is 58.8 Å². The maximum absolute atomic E-state index is 13.9. The van der Waals surface area contributed by atoms with Gasteiger partial charge in [0.2, 0.25) is 5.91 Å². The molecule has 0 atom stereocenters. The number of halogens is 5. The zero-order valence-corrected chi connectivity index (χ0v) is 24.6. The van der Waals surface area contributed by atoms with Crippen LogP contribution < -0.4 is 15.4 Å². The summed E-state index contributed by atoms with van der Waals surface area (Å²) in [6.45, 7) is 6.65. The number of nitrogens with zero attached hydrogens (tertiary/aromatic N) is 2. The van der Waals surface area contributed by atoms with Crippen LogP contribution in [0.4, 0.5) is 18.9 Å². The fraction of sp³-hybridized carbons (Fsp3) is 0.387. The number of amides is 1. The van der Waals surface area contributed by atoms with Gasteiger partial charge in [0.05, 0.1) is 0 Å². The van der Waals surface area contributed by atoms with E-state index in [0.29, 0.717) is 23.8 Å². The fourth-order valence-electron chi connectivity index (χ4n) is 5.72. The van der Waals surface area contributed by atoms with Crippen molar-refractivity contribution in [1.29, 1.82) is 0 Å². The molecule has 0 spiro atoms. The van der Waals surface area contributed by atoms with Crippen LogP contribution >= 0.6 is 24.8 Å². The second-order valence-electron chi connectivity index (χ2n) is 10.7. The van der Waals surface area contributed by atoms with Crippen LogP contribution in [0.3, 0.4) is 0 Å². The summed E-state index contributed by atoms with van der Waals surface area (Å²) in [6, 6.07) is 15.2. The molecule has 5 nitrogen and oxygen atoms in total. The molecule has 5 rings (SSSR count). The molecule has 2 aliphatic heterocycles. The highest BCUT2D eigenvalue weighted by Gasteiger charge is 2.26. The molecule has 0 bridgehead atoms. The summed E-state index contributed by atoms with van der Waals surface area (Å²) in [5.74, 6) is -3.04. The Morgan fingerprint density at radius 2 is 1.49 bits per heavy atom. The van der Waals surface area contributed by atoms with Crippen molar-refractivity contribution < 1.29 is 22.7 Å². The van der Waals surface area contributed by atoms with Crippen molar-refractivity contribution >= 4 is 36.4 Å². The molecule has 41 heavy (non-hydrogen) atoms. The maximum atomic E-state index is 13.9. The van der Waals surface area contributed by atoms with E-state index in [4.69, 9.17) is 10.5 Å². The Bertz CT molecular complexity index is 1330. The van der Waals surface area contributed by atoms with Crippen LogP contribution in [-0.4, -0.2) is 37.0 Å². The van der Waals surface area contributed by atoms with Gasteiger partial charge >= 0.3 is 0 Å². The summed E-state index contributed by atoms with van der Waals surface area (Å²) >= 11 is 0. The van der Waals surface area contributed by atoms with Crippen LogP contribution in [0.25, 0.3) is 0 Å². The molecule has 0 unspecified atom stereocenters. The number of rotatable bonds is 7. The SMILES string of the molecule is Cc1ccc(N2CCC(C(N)=O)CC2)cc1C1CCN(Cc2ccc(Oc3cc(F)c(F)cc3F)cc2)CC1.Cl.Cl. The first-order valence-corrected chi connectivity index (χ1v) is 13.6. The number of hydrogen-bond acceptors (Lipinski definition) is 4. The van der Waals surface area contributed by atoms with Crippen LogP contribution in [0.1, 0.15) is 48.3 Å². The molecule has 2 N–H and O–H groups in total. The molecule has 0 aromatic heterocycles. The molecular formula is C31H36Cl2F3N3O2. The molecule has 0 radical (unpaired) electrons. The van der Waals surface area contributed by atoms with E-state index in [-0.39, 0.29) is 42.4 Å². The van der Waals surface area contributed by atoms with Crippen LogP contribution in [0.2, 0.25) is 0 Å². The number of carbonyl (C=O) groups excluding carboxylic acids is 1. The Hall–Kier alpha value is -2.94. The summed E-state index contributed by atoms with van der Waals surface area (Å²) in [5, 5.41) is 0. The van der Waals surface area contributed by atoms with Crippen molar-refractivity contribution in [3.63, 3.8) is 0 Å². The van der Waals surface area contributed by atoms with Crippen LogP contribution in [0.5, 0.6) is 11.5 Å². The van der Waals surface area contributed by atoms with Crippen LogP contribution in [0, 0.1) is 30.3 Å². The first-order chi connectivity index (χ1) is 18.8. The van der Waals surface area contributed by atoms with Gasteiger partial charge < -0.3 is 15.4 Å². The predicted molar refractivity (Wildman–Crippen MR) is 160 cm³/mol. The van der Waals surface area contributed by atoms with E-state index < -0.39 is 17.5 Å². The largest absolute Gasteiger partial charge is 0.454 e. The summed E-state index contributed by atoms with van der Waals surface area (Å²) < 4.78 is 45.9. The monoisotopic (exact) mass is 609 g/mol. The second kappa shape index (κ2) is 14.3. The quantitative estimate of drug-likeness (QED) is 0.289. The van der Waals surface area contributed by atoms with E-state index in [9.17, 15) is 18.0 Å². The molecule has 2 heterocycles. The third kappa shape index (κ3) is 7.87. The third-order valence-electron chi connectivity index (χ3n) is 8.08. The highest BCUT2D eigenvalue weighted by atomic mass is 35.5. The van der Waals surface area contributed by atoms with E-state index in [1.807, 2.05) is 12.1 Å². The fourth-order valence-corrected chi connectivity index (χ4v) is 5.72. The Labute approximate surface area is 251 Å². The minimum absolute atomic E-state index is 0. The number of ether oxygens (including phenoxy) is 1. The van der Waals surface area contributed by atoms with Gasteiger partial charge in [0.1, 0.15) is 5.75 Å². The molecule has 1 amide bonds. The van der Waals surface area contributed by atoms with E-state index >= 15 is 0 Å². The van der Waals surface area contributed by atoms with Gasteiger partial charge in [0.15, 0.2) is 23.2 Å². The lowest BCUT2D eigenvalue weighted by atomic mass is 9.86. The summed E-state index contributed by atoms with van der Waals surface area (Å²) in [6.07, 6.45) is 3.77. The lowest BCUT2D eigenvalue weighted by Gasteiger charge is -2.35. The molecule has 2 fully saturated rings. The van der Waals surface area contributed by atoms with E-state index in [1.165, 1.54) is 16.8 Å². The number of hydrogen-bond donors (Lipinski definition) is 1. The molecule has 0 saturated carbocycles. The van der Waals surface area contributed by atoms with Crippen LogP contribution in [0.15, 0.2) is 54.6 Å². The third-order valence-corrected chi connectivity index (χ3v) is 8.08. The van der Waals surface area contributed by atoms with Gasteiger partial charge in [-0.15, -0.1) is 24.8 Å². The number of anilines is 1. The average molecular weight is 611 g/mol. The maximum Gasteiger partial charge on any atom is 0.220 e. The number of carbonyl (C=O) groups is 1. The first kappa shape index (κ1) is 32.6. The number of likely N-dealkylation sites (tertiary alicyclic amines) is 1. The summed E-state index contributed by atoms with van der Waals surface area (Å²) in [5.41, 5.74) is 10.6. The normalized spacial score (nSPS) is 16.5. The zero-order chi connectivity index (χ0) is 27.5. The summed E-state index contributed by atoms with van der Waals surface area (Å²) in [4.78, 5) is 16.3. The molecular weight excluding hydrogens is 574 g/mol. The first-order valence-electron chi connectivity index (χ1n) is 13.6. The lowest BCUT2D eigenvalue weighted by Crippen LogP contribution is -2.38. The van der Waals surface area contributed by atoms with Crippen molar-refractivity contribution in [2.45, 2.75) is 45.1 Å². The average Bonchev–Trinajstić information content (AvgIpc) is 2.93. The van der Waals surface area contributed by atoms with Crippen LogP contribution in [-0.2, 0) is 11.3 Å². The molecule has 222 valence electrons. The van der Waals surface area contributed by atoms with Crippen molar-refractivity contribution in [1.82, 2.24) is 4.90 Å². The molecule has 2 aliphatic rings. The number of nitrogens with two attached hydrogens (primary N) is 1. The lowest BCUT2D eigenvalue weighted by molar-refractivity contribution is -0.122. The predicted octanol–water partition coefficient (Wildman–Crippen LogP) is 7.13. The van der Waals surface area contributed by atoms with Crippen molar-refractivity contribution in [3.8, 4) is 11.5 Å². The Morgan fingerprint density at radius 3 is 2.12 bits per heavy atom. The highest BCUT2D eigenvalue weighted by Crippen LogP contribution is 2.34. The van der Waals surface area contributed by atoms with Gasteiger partial charge in [0.25, 0.3) is 0 Å². The Kier molecular flexibility index (Phi) is 11.4. The molecule has 3 aromatic carbocycles. The molecule has 0 aliphatic carbocycles. The molecule has 10 heteroatoms. The number of aryl methyl sites for hydroxylation is 1. The van der Waals surface area contributed by atoms with E-state index in [2.05, 4.69) is 34.9 Å². The van der Waals surface area contributed by atoms with E-state index in [0.717, 1.165) is 64.0 Å². The molecule has 2 saturated heterocycles. The van der Waals surface area contributed by atoms with Gasteiger partial charge in [-0.2, -0.15) is 0 Å². The van der Waals surface area contributed by atoms with Gasteiger partial charge in [-0.3, -0.25) is 9.69 Å². The number of primary amides is 1. The number of benzene rings is 3. The van der Waals surface area contributed by atoms with E-state index in [1.54, 1.807) is 12.1 Å². The van der Waals surface area contributed by atoms with Gasteiger partial charge in [-0.1, -0.05) is 18.2 Å². The number of piperidine rings is 2. The second-order valence-corrected chi connectivity index (χ2v) is 10.7. The standard InChI is InChI=1S/C31H34F3N3O2.2ClH/c1-20-2-5-24(37-14-10-23(11-15-37)31(35)38)16-26(20)22-8-12-36(13-9-22)19-21-3-6-25(7-4-21)39-30-18-28(33)27(32)17-29(30)34;;/h2-7,16-18,22-23H,8-15,19H2,1H3,(H2,35,38);2*1H. The Morgan fingerprint density at radius 1 is 0.854 bits per heavy atom. The van der Waals surface area contributed by atoms with Crippen molar-refractivity contribution in [2.24, 2.45) is 11.7 Å². The smallest absolute Gasteiger partial charge is 0.220 e. The summed E-state index contributed by atoms with van der Waals surface area (Å²) in [7, 11) is 0. The van der Waals surface area contributed by atoms with Gasteiger partial charge in [0, 0.05) is 43.4 Å². The van der Waals surface area contributed by atoms with Gasteiger partial charge in [-0.25, -0.2) is 13.2 Å². The molecule has 3 aromatic rings. The van der Waals surface area contributed by atoms with Crippen molar-refractivity contribution in [2.75, 3.05) is 31.1 Å². The minimum atomic E-state index is -1.25. The van der Waals surface area contributed by atoms with Gasteiger partial charge in [-0.05, 0) is 92.6 Å².